The number of aryl methyl sites for hydroxylation is 1. The molecular weight excluding hydrogens is 338 g/mol. The van der Waals surface area contributed by atoms with Gasteiger partial charge in [-0.25, -0.2) is 9.59 Å². The van der Waals surface area contributed by atoms with E-state index >= 15 is 0 Å². The van der Waals surface area contributed by atoms with E-state index in [-0.39, 0.29) is 41.9 Å². The van der Waals surface area contributed by atoms with E-state index in [0.29, 0.717) is 12.3 Å². The van der Waals surface area contributed by atoms with Crippen molar-refractivity contribution < 1.29 is 28.3 Å². The molecule has 1 amide bonds. The van der Waals surface area contributed by atoms with E-state index in [0.717, 1.165) is 25.7 Å². The van der Waals surface area contributed by atoms with E-state index < -0.39 is 11.9 Å². The minimum Gasteiger partial charge on any atom is -0.462 e. The molecule has 1 aromatic rings. The molecule has 0 radical (unpaired) electrons. The van der Waals surface area contributed by atoms with Crippen LogP contribution in [-0.4, -0.2) is 31.1 Å². The average molecular weight is 365 g/mol. The molecule has 7 nitrogen and oxygen atoms in total. The van der Waals surface area contributed by atoms with Gasteiger partial charge in [0.15, 0.2) is 0 Å². The number of anilines is 1. The summed E-state index contributed by atoms with van der Waals surface area (Å²) in [7, 11) is 0. The number of amides is 1. The number of carbonyl (C=O) groups is 3. The van der Waals surface area contributed by atoms with Gasteiger partial charge in [0.2, 0.25) is 11.8 Å². The molecule has 1 aliphatic rings. The fourth-order valence-corrected chi connectivity index (χ4v) is 3.31. The number of esters is 2. The maximum Gasteiger partial charge on any atom is 0.344 e. The lowest BCUT2D eigenvalue weighted by Gasteiger charge is -2.20. The van der Waals surface area contributed by atoms with Gasteiger partial charge in [-0.1, -0.05) is 19.3 Å². The fraction of sp³-hybridized carbons (Fsp3) is 0.632. The van der Waals surface area contributed by atoms with Gasteiger partial charge >= 0.3 is 11.9 Å². The second kappa shape index (κ2) is 9.40. The molecule has 1 heterocycles. The molecule has 2 rings (SSSR count). The van der Waals surface area contributed by atoms with Gasteiger partial charge in [0.1, 0.15) is 16.9 Å². The summed E-state index contributed by atoms with van der Waals surface area (Å²) in [6, 6.07) is 0. The summed E-state index contributed by atoms with van der Waals surface area (Å²) in [5, 5.41) is 2.64. The van der Waals surface area contributed by atoms with Crippen molar-refractivity contribution in [1.82, 2.24) is 0 Å². The largest absolute Gasteiger partial charge is 0.462 e. The highest BCUT2D eigenvalue weighted by molar-refractivity contribution is 6.09. The molecule has 0 aliphatic heterocycles. The Balaban J connectivity index is 2.22. The molecule has 0 saturated heterocycles. The van der Waals surface area contributed by atoms with Gasteiger partial charge in [-0.05, 0) is 39.5 Å². The highest BCUT2D eigenvalue weighted by atomic mass is 16.5. The van der Waals surface area contributed by atoms with Crippen LogP contribution < -0.4 is 5.32 Å². The summed E-state index contributed by atoms with van der Waals surface area (Å²) < 4.78 is 15.5. The Bertz CT molecular complexity index is 657. The first-order valence-electron chi connectivity index (χ1n) is 9.25. The highest BCUT2D eigenvalue weighted by Gasteiger charge is 2.31. The maximum absolute atomic E-state index is 12.4. The number of nitrogens with one attached hydrogen (secondary N) is 1. The van der Waals surface area contributed by atoms with Crippen LogP contribution in [0.2, 0.25) is 0 Å². The molecular formula is C19H27NO6. The van der Waals surface area contributed by atoms with Crippen molar-refractivity contribution in [2.75, 3.05) is 18.5 Å². The number of hydrogen-bond acceptors (Lipinski definition) is 6. The molecule has 0 atom stereocenters. The van der Waals surface area contributed by atoms with Crippen LogP contribution in [0.1, 0.15) is 78.8 Å². The van der Waals surface area contributed by atoms with E-state index in [4.69, 9.17) is 13.9 Å². The van der Waals surface area contributed by atoms with Crippen LogP contribution in [-0.2, 0) is 14.3 Å². The lowest BCUT2D eigenvalue weighted by atomic mass is 9.87. The minimum atomic E-state index is -0.722. The van der Waals surface area contributed by atoms with Crippen molar-refractivity contribution in [2.24, 2.45) is 5.92 Å². The molecule has 7 heteroatoms. The van der Waals surface area contributed by atoms with Gasteiger partial charge in [0.05, 0.1) is 13.2 Å². The van der Waals surface area contributed by atoms with Crippen molar-refractivity contribution in [3.8, 4) is 0 Å². The van der Waals surface area contributed by atoms with Gasteiger partial charge < -0.3 is 13.9 Å². The Morgan fingerprint density at radius 2 is 1.58 bits per heavy atom. The van der Waals surface area contributed by atoms with E-state index in [1.807, 2.05) is 0 Å². The van der Waals surface area contributed by atoms with Crippen LogP contribution in [0.25, 0.3) is 0 Å². The van der Waals surface area contributed by atoms with Crippen molar-refractivity contribution in [3.05, 3.63) is 16.9 Å². The molecule has 0 aromatic carbocycles. The van der Waals surface area contributed by atoms with Crippen LogP contribution in [0.3, 0.4) is 0 Å². The first kappa shape index (κ1) is 20.0. The first-order chi connectivity index (χ1) is 12.5. The molecule has 0 unspecified atom stereocenters. The zero-order chi connectivity index (χ0) is 19.1. The molecule has 1 saturated carbocycles. The maximum atomic E-state index is 12.4. The average Bonchev–Trinajstić information content (AvgIpc) is 2.92. The van der Waals surface area contributed by atoms with Gasteiger partial charge in [0.25, 0.3) is 0 Å². The molecule has 0 spiro atoms. The van der Waals surface area contributed by atoms with Crippen LogP contribution >= 0.6 is 0 Å². The quantitative estimate of drug-likeness (QED) is 0.738. The number of carbonyl (C=O) groups excluding carboxylic acids is 3. The predicted octanol–water partition coefficient (Wildman–Crippen LogP) is 3.85. The lowest BCUT2D eigenvalue weighted by molar-refractivity contribution is -0.117. The summed E-state index contributed by atoms with van der Waals surface area (Å²) in [4.78, 5) is 36.9. The lowest BCUT2D eigenvalue weighted by Crippen LogP contribution is -2.20. The molecule has 26 heavy (non-hydrogen) atoms. The van der Waals surface area contributed by atoms with Gasteiger partial charge in [-0.15, -0.1) is 0 Å². The molecule has 0 bridgehead atoms. The fourth-order valence-electron chi connectivity index (χ4n) is 3.31. The van der Waals surface area contributed by atoms with Crippen molar-refractivity contribution in [1.29, 1.82) is 0 Å². The van der Waals surface area contributed by atoms with Crippen LogP contribution in [0.5, 0.6) is 0 Å². The molecule has 1 fully saturated rings. The van der Waals surface area contributed by atoms with Crippen molar-refractivity contribution >= 4 is 23.7 Å². The summed E-state index contributed by atoms with van der Waals surface area (Å²) in [5.74, 6) is -1.13. The Kier molecular flexibility index (Phi) is 7.24. The summed E-state index contributed by atoms with van der Waals surface area (Å²) in [6.07, 6.45) is 5.92. The molecule has 1 N–H and O–H groups in total. The third kappa shape index (κ3) is 4.86. The Hall–Kier alpha value is -2.31. The molecule has 1 aliphatic carbocycles. The number of ether oxygens (including phenoxy) is 2. The Morgan fingerprint density at radius 3 is 2.15 bits per heavy atom. The SMILES string of the molecule is CCOC(=O)c1c(C)oc(NC(=O)CC2CCCCC2)c1C(=O)OCC. The third-order valence-electron chi connectivity index (χ3n) is 4.50. The molecule has 144 valence electrons. The summed E-state index contributed by atoms with van der Waals surface area (Å²) in [6.45, 7) is 5.18. The number of hydrogen-bond donors (Lipinski definition) is 1. The van der Waals surface area contributed by atoms with Gasteiger partial charge in [0, 0.05) is 6.42 Å². The first-order valence-corrected chi connectivity index (χ1v) is 9.25. The van der Waals surface area contributed by atoms with Gasteiger partial charge in [-0.3, -0.25) is 10.1 Å². The predicted molar refractivity (Wildman–Crippen MR) is 95.2 cm³/mol. The zero-order valence-corrected chi connectivity index (χ0v) is 15.7. The van der Waals surface area contributed by atoms with E-state index in [1.54, 1.807) is 20.8 Å². The third-order valence-corrected chi connectivity index (χ3v) is 4.50. The number of furan rings is 1. The Labute approximate surface area is 153 Å². The monoisotopic (exact) mass is 365 g/mol. The van der Waals surface area contributed by atoms with Crippen LogP contribution in [0, 0.1) is 12.8 Å². The van der Waals surface area contributed by atoms with E-state index in [9.17, 15) is 14.4 Å². The second-order valence-electron chi connectivity index (χ2n) is 6.43. The smallest absolute Gasteiger partial charge is 0.344 e. The summed E-state index contributed by atoms with van der Waals surface area (Å²) >= 11 is 0. The number of rotatable bonds is 7. The van der Waals surface area contributed by atoms with Crippen LogP contribution in [0.15, 0.2) is 4.42 Å². The second-order valence-corrected chi connectivity index (χ2v) is 6.43. The molecule has 1 aromatic heterocycles. The van der Waals surface area contributed by atoms with Gasteiger partial charge in [-0.2, -0.15) is 0 Å². The normalized spacial score (nSPS) is 14.7. The standard InChI is InChI=1S/C19H27NO6/c1-4-24-18(22)15-12(3)26-17(16(15)19(23)25-5-2)20-14(21)11-13-9-7-6-8-10-13/h13H,4-11H2,1-3H3,(H,20,21). The van der Waals surface area contributed by atoms with Crippen molar-refractivity contribution in [2.45, 2.75) is 59.3 Å². The van der Waals surface area contributed by atoms with E-state index in [1.165, 1.54) is 6.42 Å². The Morgan fingerprint density at radius 1 is 1.00 bits per heavy atom. The summed E-state index contributed by atoms with van der Waals surface area (Å²) in [5.41, 5.74) is -0.0851. The zero-order valence-electron chi connectivity index (χ0n) is 15.7. The minimum absolute atomic E-state index is 0.00161. The van der Waals surface area contributed by atoms with E-state index in [2.05, 4.69) is 5.32 Å². The highest BCUT2D eigenvalue weighted by Crippen LogP contribution is 2.30. The van der Waals surface area contributed by atoms with Crippen molar-refractivity contribution in [3.63, 3.8) is 0 Å². The van der Waals surface area contributed by atoms with Crippen LogP contribution in [0.4, 0.5) is 5.88 Å². The topological polar surface area (TPSA) is 94.8 Å².